The Morgan fingerprint density at radius 3 is 2.29 bits per heavy atom. The Hall–Kier alpha value is -2.19. The van der Waals surface area contributed by atoms with E-state index in [2.05, 4.69) is 68.4 Å². The van der Waals surface area contributed by atoms with Crippen LogP contribution in [-0.2, 0) is 18.3 Å². The molecular formula is C32H42Cl2N3P. The third kappa shape index (κ3) is 9.53. The number of anilines is 3. The standard InChI is InChI=1S/C17H21Cl2N3.C15H21P/c1-17(2,13-8-11(18)4-6-14(13)19)10-22-16-7-5-12(21-3)9-15(16)20;1-12(16-2)11-15-9-7-14(8-10-15)6-5-13-3-4-13/h4-9,21-22H,10,20H2,1-3H3;5,7-10,12,16H,3-4,6,11H2,1-2H3. The topological polar surface area (TPSA) is 50.1 Å². The van der Waals surface area contributed by atoms with Crippen LogP contribution in [0.2, 0.25) is 10.0 Å². The van der Waals surface area contributed by atoms with E-state index < -0.39 is 0 Å². The van der Waals surface area contributed by atoms with Crippen LogP contribution in [0.5, 0.6) is 0 Å². The summed E-state index contributed by atoms with van der Waals surface area (Å²) >= 11 is 12.4. The number of allylic oxidation sites excluding steroid dienone is 2. The number of hydrogen-bond acceptors (Lipinski definition) is 3. The van der Waals surface area contributed by atoms with Crippen molar-refractivity contribution in [3.63, 3.8) is 0 Å². The average Bonchev–Trinajstić information content (AvgIpc) is 3.74. The van der Waals surface area contributed by atoms with E-state index in [1.54, 1.807) is 11.6 Å². The SMILES string of the molecule is CNc1ccc(NCC(C)(C)c2cc(Cl)ccc2Cl)c(N)c1.CPC(C)Cc1ccc(CC=C2CC2)cc1. The molecule has 0 spiro atoms. The van der Waals surface area contributed by atoms with Crippen molar-refractivity contribution in [3.8, 4) is 0 Å². The van der Waals surface area contributed by atoms with Crippen molar-refractivity contribution in [2.24, 2.45) is 0 Å². The predicted molar refractivity (Wildman–Crippen MR) is 173 cm³/mol. The first-order valence-corrected chi connectivity index (χ1v) is 15.6. The van der Waals surface area contributed by atoms with E-state index in [-0.39, 0.29) is 5.41 Å². The van der Waals surface area contributed by atoms with Gasteiger partial charge in [0.05, 0.1) is 11.4 Å². The number of rotatable bonds is 10. The molecule has 4 N–H and O–H groups in total. The first-order chi connectivity index (χ1) is 18.1. The number of halogens is 2. The minimum absolute atomic E-state index is 0.184. The second-order valence-corrected chi connectivity index (χ2v) is 13.1. The summed E-state index contributed by atoms with van der Waals surface area (Å²) in [6.45, 7) is 9.56. The van der Waals surface area contributed by atoms with Crippen molar-refractivity contribution < 1.29 is 0 Å². The van der Waals surface area contributed by atoms with Crippen LogP contribution in [0.25, 0.3) is 0 Å². The molecule has 0 amide bonds. The third-order valence-corrected chi connectivity index (χ3v) is 8.70. The van der Waals surface area contributed by atoms with Gasteiger partial charge in [-0.05, 0) is 91.1 Å². The first kappa shape index (κ1) is 30.4. The third-order valence-electron chi connectivity index (χ3n) is 6.94. The second-order valence-electron chi connectivity index (χ2n) is 10.7. The summed E-state index contributed by atoms with van der Waals surface area (Å²) in [6.07, 6.45) is 7.43. The lowest BCUT2D eigenvalue weighted by molar-refractivity contribution is 0.557. The van der Waals surface area contributed by atoms with Crippen LogP contribution < -0.4 is 16.4 Å². The van der Waals surface area contributed by atoms with Crippen molar-refractivity contribution in [2.75, 3.05) is 36.6 Å². The molecule has 3 nitrogen and oxygen atoms in total. The van der Waals surface area contributed by atoms with Crippen molar-refractivity contribution in [1.29, 1.82) is 0 Å². The molecule has 2 unspecified atom stereocenters. The van der Waals surface area contributed by atoms with Crippen LogP contribution in [0.3, 0.4) is 0 Å². The fourth-order valence-corrected chi connectivity index (χ4v) is 5.10. The number of benzene rings is 3. The quantitative estimate of drug-likeness (QED) is 0.129. The van der Waals surface area contributed by atoms with Crippen molar-refractivity contribution >= 4 is 48.8 Å². The van der Waals surface area contributed by atoms with Gasteiger partial charge in [0.2, 0.25) is 0 Å². The lowest BCUT2D eigenvalue weighted by Crippen LogP contribution is -2.28. The molecule has 1 fully saturated rings. The average molecular weight is 571 g/mol. The Morgan fingerprint density at radius 1 is 1.00 bits per heavy atom. The maximum Gasteiger partial charge on any atom is 0.0575 e. The van der Waals surface area contributed by atoms with Crippen LogP contribution in [0, 0.1) is 0 Å². The lowest BCUT2D eigenvalue weighted by atomic mass is 9.84. The Morgan fingerprint density at radius 2 is 1.68 bits per heavy atom. The summed E-state index contributed by atoms with van der Waals surface area (Å²) in [5.41, 5.74) is 14.9. The van der Waals surface area contributed by atoms with Gasteiger partial charge in [-0.15, -0.1) is 8.58 Å². The van der Waals surface area contributed by atoms with Gasteiger partial charge in [-0.25, -0.2) is 0 Å². The molecule has 1 saturated carbocycles. The molecule has 6 heteroatoms. The molecule has 3 aromatic carbocycles. The maximum atomic E-state index is 6.31. The number of nitrogens with one attached hydrogen (secondary N) is 2. The van der Waals surface area contributed by atoms with Gasteiger partial charge < -0.3 is 16.4 Å². The molecule has 0 aromatic heterocycles. The molecule has 1 aliphatic rings. The van der Waals surface area contributed by atoms with E-state index in [4.69, 9.17) is 28.9 Å². The van der Waals surface area contributed by atoms with Crippen LogP contribution >= 0.6 is 31.8 Å². The molecule has 0 aliphatic heterocycles. The molecule has 0 bridgehead atoms. The summed E-state index contributed by atoms with van der Waals surface area (Å²) in [4.78, 5) is 0. The van der Waals surface area contributed by atoms with E-state index in [0.29, 0.717) is 17.3 Å². The van der Waals surface area contributed by atoms with Gasteiger partial charge in [-0.2, -0.15) is 0 Å². The van der Waals surface area contributed by atoms with Gasteiger partial charge in [0.1, 0.15) is 0 Å². The summed E-state index contributed by atoms with van der Waals surface area (Å²) in [6, 6.07) is 20.6. The summed E-state index contributed by atoms with van der Waals surface area (Å²) in [5, 5.41) is 7.87. The monoisotopic (exact) mass is 569 g/mol. The molecule has 0 heterocycles. The Labute approximate surface area is 241 Å². The van der Waals surface area contributed by atoms with E-state index >= 15 is 0 Å². The van der Waals surface area contributed by atoms with Crippen molar-refractivity contribution in [2.45, 2.75) is 57.5 Å². The van der Waals surface area contributed by atoms with Crippen LogP contribution in [0.15, 0.2) is 72.3 Å². The Balaban J connectivity index is 0.000000221. The largest absolute Gasteiger partial charge is 0.397 e. The number of hydrogen-bond donors (Lipinski definition) is 3. The molecule has 4 rings (SSSR count). The van der Waals surface area contributed by atoms with Crippen molar-refractivity contribution in [3.05, 3.63) is 99.0 Å². The summed E-state index contributed by atoms with van der Waals surface area (Å²) in [7, 11) is 2.92. The fourth-order valence-electron chi connectivity index (χ4n) is 4.11. The maximum absolute atomic E-state index is 6.31. The molecule has 38 heavy (non-hydrogen) atoms. The highest BCUT2D eigenvalue weighted by Gasteiger charge is 2.24. The molecular weight excluding hydrogens is 528 g/mol. The van der Waals surface area contributed by atoms with E-state index in [9.17, 15) is 0 Å². The van der Waals surface area contributed by atoms with Gasteiger partial charge >= 0.3 is 0 Å². The van der Waals surface area contributed by atoms with E-state index in [0.717, 1.165) is 42.6 Å². The smallest absolute Gasteiger partial charge is 0.0575 e. The van der Waals surface area contributed by atoms with Crippen LogP contribution in [-0.4, -0.2) is 25.9 Å². The molecule has 0 radical (unpaired) electrons. The minimum Gasteiger partial charge on any atom is -0.397 e. The van der Waals surface area contributed by atoms with Gasteiger partial charge in [0.15, 0.2) is 0 Å². The Bertz CT molecular complexity index is 1220. The van der Waals surface area contributed by atoms with E-state index in [1.807, 2.05) is 37.4 Å². The Kier molecular flexibility index (Phi) is 11.4. The van der Waals surface area contributed by atoms with Gasteiger partial charge in [-0.3, -0.25) is 0 Å². The predicted octanol–water partition coefficient (Wildman–Crippen LogP) is 9.20. The van der Waals surface area contributed by atoms with Crippen LogP contribution in [0.4, 0.5) is 17.1 Å². The number of nitrogen functional groups attached to an aromatic ring is 1. The summed E-state index contributed by atoms with van der Waals surface area (Å²) < 4.78 is 0. The zero-order valence-electron chi connectivity index (χ0n) is 23.3. The lowest BCUT2D eigenvalue weighted by Gasteiger charge is -2.28. The number of nitrogens with two attached hydrogens (primary N) is 1. The van der Waals surface area contributed by atoms with Crippen molar-refractivity contribution in [1.82, 2.24) is 0 Å². The van der Waals surface area contributed by atoms with E-state index in [1.165, 1.54) is 30.4 Å². The summed E-state index contributed by atoms with van der Waals surface area (Å²) in [5.74, 6) is 0. The highest BCUT2D eigenvalue weighted by molar-refractivity contribution is 7.37. The van der Waals surface area contributed by atoms with Crippen LogP contribution in [0.1, 0.15) is 50.3 Å². The highest BCUT2D eigenvalue weighted by atomic mass is 35.5. The van der Waals surface area contributed by atoms with Gasteiger partial charge in [0, 0.05) is 34.7 Å². The molecule has 1 aliphatic carbocycles. The first-order valence-electron chi connectivity index (χ1n) is 13.3. The molecule has 3 aromatic rings. The molecule has 204 valence electrons. The zero-order valence-corrected chi connectivity index (χ0v) is 25.8. The van der Waals surface area contributed by atoms with Gasteiger partial charge in [0.25, 0.3) is 0 Å². The minimum atomic E-state index is -0.184. The molecule has 0 saturated heterocycles. The van der Waals surface area contributed by atoms with Gasteiger partial charge in [-0.1, -0.05) is 79.9 Å². The highest BCUT2D eigenvalue weighted by Crippen LogP contribution is 2.33. The normalized spacial score (nSPS) is 13.6. The zero-order chi connectivity index (χ0) is 27.7. The fraction of sp³-hybridized carbons (Fsp3) is 0.375. The second kappa shape index (κ2) is 14.3. The molecule has 2 atom stereocenters.